The number of hydrogen-bond acceptors (Lipinski definition) is 9. The molecule has 0 fully saturated rings. The Labute approximate surface area is 239 Å². The van der Waals surface area contributed by atoms with E-state index in [2.05, 4.69) is 44.7 Å². The number of nitrogens with one attached hydrogen (secondary N) is 3. The average Bonchev–Trinajstić information content (AvgIpc) is 3.42. The van der Waals surface area contributed by atoms with Gasteiger partial charge in [-0.25, -0.2) is 9.97 Å². The van der Waals surface area contributed by atoms with Gasteiger partial charge in [0.2, 0.25) is 5.88 Å². The Morgan fingerprint density at radius 3 is 2.67 bits per heavy atom. The summed E-state index contributed by atoms with van der Waals surface area (Å²) in [7, 11) is 3.35. The number of aromatic nitrogens is 2. The second kappa shape index (κ2) is 16.3. The molecule has 0 bridgehead atoms. The van der Waals surface area contributed by atoms with Gasteiger partial charge in [0.15, 0.2) is 11.6 Å². The number of rotatable bonds is 16. The molecule has 0 saturated heterocycles. The first-order chi connectivity index (χ1) is 19.4. The number of carbonyl (C=O) groups excluding carboxylic acids is 1. The lowest BCUT2D eigenvalue weighted by molar-refractivity contribution is 0.0916. The van der Waals surface area contributed by atoms with E-state index in [1.54, 1.807) is 32.5 Å². The molecule has 0 radical (unpaired) electrons. The molecule has 11 nitrogen and oxygen atoms in total. The highest BCUT2D eigenvalue weighted by atomic mass is 31.1. The highest BCUT2D eigenvalue weighted by Gasteiger charge is 2.30. The van der Waals surface area contributed by atoms with Gasteiger partial charge in [0.1, 0.15) is 28.8 Å². The Bertz CT molecular complexity index is 1170. The zero-order valence-corrected chi connectivity index (χ0v) is 25.6. The van der Waals surface area contributed by atoms with Gasteiger partial charge in [-0.2, -0.15) is 0 Å². The summed E-state index contributed by atoms with van der Waals surface area (Å²) >= 11 is 0. The molecule has 1 amide bonds. The van der Waals surface area contributed by atoms with E-state index >= 15 is 0 Å². The fourth-order valence-corrected chi connectivity index (χ4v) is 5.38. The summed E-state index contributed by atoms with van der Waals surface area (Å²) < 4.78 is 17.0. The maximum absolute atomic E-state index is 13.1. The summed E-state index contributed by atoms with van der Waals surface area (Å²) in [4.78, 5) is 28.9. The van der Waals surface area contributed by atoms with Crippen LogP contribution in [-0.4, -0.2) is 72.6 Å². The van der Waals surface area contributed by atoms with E-state index in [4.69, 9.17) is 18.9 Å². The Kier molecular flexibility index (Phi) is 12.8. The summed E-state index contributed by atoms with van der Waals surface area (Å²) in [5.41, 5.74) is 2.17. The lowest BCUT2D eigenvalue weighted by atomic mass is 10.2. The molecule has 2 aromatic heterocycles. The molecule has 0 saturated carbocycles. The number of nitrogens with zero attached hydrogens (tertiary/aromatic N) is 4. The van der Waals surface area contributed by atoms with E-state index in [0.29, 0.717) is 35.7 Å². The quantitative estimate of drug-likeness (QED) is 0.190. The first-order valence-electron chi connectivity index (χ1n) is 14.0. The molecule has 2 aromatic rings. The smallest absolute Gasteiger partial charge is 0.291 e. The lowest BCUT2D eigenvalue weighted by Crippen LogP contribution is -2.39. The molecule has 1 aliphatic rings. The first kappa shape index (κ1) is 31.5. The number of methoxy groups -OCH3 is 2. The highest BCUT2D eigenvalue weighted by molar-refractivity contribution is 7.59. The van der Waals surface area contributed by atoms with Crippen molar-refractivity contribution >= 4 is 31.8 Å². The average molecular weight is 574 g/mol. The van der Waals surface area contributed by atoms with Crippen LogP contribution in [0.3, 0.4) is 0 Å². The van der Waals surface area contributed by atoms with Crippen molar-refractivity contribution in [1.29, 1.82) is 0 Å². The summed E-state index contributed by atoms with van der Waals surface area (Å²) in [5, 5.41) is 9.23. The maximum Gasteiger partial charge on any atom is 0.291 e. The molecule has 0 spiro atoms. The number of furan rings is 1. The van der Waals surface area contributed by atoms with Crippen molar-refractivity contribution in [3.05, 3.63) is 47.1 Å². The van der Waals surface area contributed by atoms with Crippen LogP contribution in [0, 0.1) is 13.8 Å². The van der Waals surface area contributed by atoms with Crippen LogP contribution >= 0.6 is 8.58 Å². The standard InChI is InChI=1S/C28H44N7O4P/c1-7-9-10-16-35(15-8-2)17-11-14-29-28-34-26(37-5)23(27(38-6)40-28)33-25(36)21-12-13-22(39-21)32-24-19(3)18-30-20(4)31-24/h12-13,18,27,40H,7-11,14-17H2,1-6H3,(H,29,34)(H,33,36)(H,30,31,32). The predicted molar refractivity (Wildman–Crippen MR) is 160 cm³/mol. The lowest BCUT2D eigenvalue weighted by Gasteiger charge is -2.28. The third kappa shape index (κ3) is 9.28. The third-order valence-corrected chi connectivity index (χ3v) is 7.72. The van der Waals surface area contributed by atoms with Gasteiger partial charge in [-0.3, -0.25) is 9.79 Å². The Hall–Kier alpha value is -3.01. The minimum Gasteiger partial charge on any atom is -0.481 e. The van der Waals surface area contributed by atoms with Gasteiger partial charge in [-0.15, -0.1) is 0 Å². The summed E-state index contributed by atoms with van der Waals surface area (Å²) in [6.45, 7) is 12.2. The van der Waals surface area contributed by atoms with E-state index in [1.165, 1.54) is 19.3 Å². The van der Waals surface area contributed by atoms with E-state index in [9.17, 15) is 4.79 Å². The molecular formula is C28H44N7O4P. The predicted octanol–water partition coefficient (Wildman–Crippen LogP) is 4.88. The van der Waals surface area contributed by atoms with Gasteiger partial charge >= 0.3 is 0 Å². The van der Waals surface area contributed by atoms with Crippen molar-refractivity contribution in [1.82, 2.24) is 25.5 Å². The minimum atomic E-state index is -0.415. The molecule has 3 heterocycles. The number of aryl methyl sites for hydroxylation is 2. The van der Waals surface area contributed by atoms with Crippen molar-refractivity contribution < 1.29 is 18.7 Å². The maximum atomic E-state index is 13.1. The largest absolute Gasteiger partial charge is 0.481 e. The fraction of sp³-hybridized carbons (Fsp3) is 0.571. The number of unbranched alkanes of at least 4 members (excludes halogenated alkanes) is 2. The number of ether oxygens (including phenoxy) is 2. The van der Waals surface area contributed by atoms with Crippen LogP contribution in [0.1, 0.15) is 67.9 Å². The molecule has 0 aliphatic carbocycles. The van der Waals surface area contributed by atoms with Gasteiger partial charge < -0.3 is 34.7 Å². The second-order valence-corrected chi connectivity index (χ2v) is 10.9. The molecule has 40 heavy (non-hydrogen) atoms. The van der Waals surface area contributed by atoms with E-state index in [0.717, 1.165) is 43.6 Å². The summed E-state index contributed by atoms with van der Waals surface area (Å²) in [6.07, 6.45) is 7.64. The zero-order valence-electron chi connectivity index (χ0n) is 24.6. The molecule has 2 unspecified atom stereocenters. The fourth-order valence-electron chi connectivity index (χ4n) is 4.28. The number of anilines is 2. The van der Waals surface area contributed by atoms with Crippen LogP contribution in [0.2, 0.25) is 0 Å². The van der Waals surface area contributed by atoms with E-state index < -0.39 is 11.8 Å². The van der Waals surface area contributed by atoms with E-state index in [1.807, 2.05) is 13.8 Å². The van der Waals surface area contributed by atoms with Gasteiger partial charge in [0, 0.05) is 31.5 Å². The third-order valence-electron chi connectivity index (χ3n) is 6.38. The van der Waals surface area contributed by atoms with E-state index in [-0.39, 0.29) is 14.3 Å². The summed E-state index contributed by atoms with van der Waals surface area (Å²) in [6, 6.07) is 3.29. The van der Waals surface area contributed by atoms with Crippen molar-refractivity contribution in [3.63, 3.8) is 0 Å². The first-order valence-corrected chi connectivity index (χ1v) is 15.1. The molecule has 12 heteroatoms. The molecule has 1 aliphatic heterocycles. The Morgan fingerprint density at radius 1 is 1.15 bits per heavy atom. The highest BCUT2D eigenvalue weighted by Crippen LogP contribution is 2.32. The molecular weight excluding hydrogens is 529 g/mol. The number of carbonyl (C=O) groups is 1. The zero-order chi connectivity index (χ0) is 28.9. The van der Waals surface area contributed by atoms with Gasteiger partial charge in [-0.05, 0) is 67.4 Å². The van der Waals surface area contributed by atoms with Crippen LogP contribution in [0.15, 0.2) is 39.3 Å². The van der Waals surface area contributed by atoms with Crippen molar-refractivity contribution in [2.75, 3.05) is 45.7 Å². The van der Waals surface area contributed by atoms with Crippen LogP contribution in [0.5, 0.6) is 0 Å². The van der Waals surface area contributed by atoms with Crippen molar-refractivity contribution in [3.8, 4) is 0 Å². The minimum absolute atomic E-state index is 0.141. The van der Waals surface area contributed by atoms with Gasteiger partial charge in [-0.1, -0.05) is 26.7 Å². The number of amides is 1. The molecule has 0 aromatic carbocycles. The molecule has 3 rings (SSSR count). The Balaban J connectivity index is 1.61. The molecule has 2 atom stereocenters. The summed E-state index contributed by atoms with van der Waals surface area (Å²) in [5.74, 6) is 1.39. The number of aliphatic imine (C=N–C) groups is 1. The van der Waals surface area contributed by atoms with Gasteiger partial charge in [0.05, 0.1) is 7.11 Å². The van der Waals surface area contributed by atoms with Gasteiger partial charge in [0.25, 0.3) is 5.91 Å². The van der Waals surface area contributed by atoms with Crippen molar-refractivity contribution in [2.24, 2.45) is 4.99 Å². The SMILES string of the molecule is CCCCCN(CCC)CCCN=C1NC(OC)=C(NC(=O)c2ccc(Nc3nc(C)ncc3C)o2)C(OC)P1. The number of amidine groups is 1. The Morgan fingerprint density at radius 2 is 1.95 bits per heavy atom. The topological polar surface area (TPSA) is 126 Å². The number of hydrogen-bond donors (Lipinski definition) is 3. The molecule has 220 valence electrons. The normalized spacial score (nSPS) is 17.0. The van der Waals surface area contributed by atoms with Crippen LogP contribution < -0.4 is 16.0 Å². The van der Waals surface area contributed by atoms with Crippen molar-refractivity contribution in [2.45, 2.75) is 65.6 Å². The monoisotopic (exact) mass is 573 g/mol. The molecule has 3 N–H and O–H groups in total. The van der Waals surface area contributed by atoms with Crippen LogP contribution in [-0.2, 0) is 9.47 Å². The second-order valence-electron chi connectivity index (χ2n) is 9.66. The van der Waals surface area contributed by atoms with Crippen LogP contribution in [0.25, 0.3) is 0 Å². The van der Waals surface area contributed by atoms with Crippen LogP contribution in [0.4, 0.5) is 11.7 Å².